The van der Waals surface area contributed by atoms with E-state index in [0.29, 0.717) is 0 Å². The van der Waals surface area contributed by atoms with Crippen molar-refractivity contribution in [1.82, 2.24) is 0 Å². The summed E-state index contributed by atoms with van der Waals surface area (Å²) in [6.45, 7) is 13.9. The first-order valence-corrected chi connectivity index (χ1v) is 21.3. The average Bonchev–Trinajstić information content (AvgIpc) is 3.70. The summed E-state index contributed by atoms with van der Waals surface area (Å²) in [4.78, 5) is 2.57. The predicted molar refractivity (Wildman–Crippen MR) is 253 cm³/mol. The van der Waals surface area contributed by atoms with Gasteiger partial charge in [-0.1, -0.05) is 150 Å². The molecule has 1 heterocycles. The molecule has 0 spiro atoms. The number of fused-ring (bicyclic) bond motifs is 9. The lowest BCUT2D eigenvalue weighted by atomic mass is 9.82. The fourth-order valence-electron chi connectivity index (χ4n) is 9.98. The molecular weight excluding hydrogens is 719 g/mol. The van der Waals surface area contributed by atoms with E-state index in [1.54, 1.807) is 0 Å². The molecule has 0 N–H and O–H groups in total. The molecule has 1 aliphatic carbocycles. The van der Waals surface area contributed by atoms with Gasteiger partial charge in [-0.2, -0.15) is 0 Å². The van der Waals surface area contributed by atoms with Crippen LogP contribution >= 0.6 is 11.3 Å². The third-order valence-electron chi connectivity index (χ3n) is 12.8. The Hall–Kier alpha value is -6.22. The van der Waals surface area contributed by atoms with Crippen molar-refractivity contribution in [3.8, 4) is 22.3 Å². The Kier molecular flexibility index (Phi) is 7.62. The number of rotatable bonds is 4. The molecule has 2 heteroatoms. The molecule has 9 aromatic carbocycles. The Labute approximate surface area is 344 Å². The van der Waals surface area contributed by atoms with Crippen molar-refractivity contribution in [3.05, 3.63) is 186 Å². The van der Waals surface area contributed by atoms with Crippen LogP contribution in [0, 0.1) is 6.92 Å². The molecule has 280 valence electrons. The number of anilines is 3. The minimum absolute atomic E-state index is 0.0171. The quantitative estimate of drug-likeness (QED) is 0.173. The second kappa shape index (κ2) is 12.6. The summed E-state index contributed by atoms with van der Waals surface area (Å²) in [5.41, 5.74) is 13.9. The lowest BCUT2D eigenvalue weighted by molar-refractivity contribution is 0.596. The van der Waals surface area contributed by atoms with Gasteiger partial charge < -0.3 is 4.90 Å². The van der Waals surface area contributed by atoms with Crippen LogP contribution in [0.5, 0.6) is 0 Å². The van der Waals surface area contributed by atoms with Gasteiger partial charge in [0.2, 0.25) is 0 Å². The number of aryl methyl sites for hydroxylation is 1. The van der Waals surface area contributed by atoms with E-state index in [0.717, 1.165) is 5.69 Å². The smallest absolute Gasteiger partial charge is 0.0546 e. The Morgan fingerprint density at radius 1 is 0.483 bits per heavy atom. The van der Waals surface area contributed by atoms with Crippen molar-refractivity contribution in [2.75, 3.05) is 4.90 Å². The summed E-state index contributed by atoms with van der Waals surface area (Å²) in [5, 5.41) is 10.2. The maximum Gasteiger partial charge on any atom is 0.0546 e. The standard InChI is InChI=1S/C56H45NS/c1-34-22-25-42-52(30-34)58-51-21-13-20-43(54(42)51)53-39-17-10-9-14-35(39)23-28-50(53)57(49-29-27-46(55(2,3)4)40-18-11-12-19-41(40)49)38-24-26-47-45(33-38)44-31-36-15-7-8-16-37(36)32-48(44)56(47,5)6/h7-33H,1-6H3. The van der Waals surface area contributed by atoms with E-state index in [-0.39, 0.29) is 10.8 Å². The molecule has 0 bridgehead atoms. The van der Waals surface area contributed by atoms with Crippen LogP contribution in [0.2, 0.25) is 0 Å². The molecule has 0 radical (unpaired) electrons. The van der Waals surface area contributed by atoms with Gasteiger partial charge in [-0.15, -0.1) is 11.3 Å². The molecule has 0 saturated carbocycles. The number of thiophene rings is 1. The van der Waals surface area contributed by atoms with Crippen LogP contribution in [0.4, 0.5) is 17.1 Å². The van der Waals surface area contributed by atoms with Gasteiger partial charge in [-0.25, -0.2) is 0 Å². The largest absolute Gasteiger partial charge is 0.309 e. The highest BCUT2D eigenvalue weighted by molar-refractivity contribution is 7.26. The highest BCUT2D eigenvalue weighted by atomic mass is 32.1. The number of hydrogen-bond donors (Lipinski definition) is 0. The van der Waals surface area contributed by atoms with Crippen molar-refractivity contribution in [3.63, 3.8) is 0 Å². The zero-order chi connectivity index (χ0) is 39.5. The third-order valence-corrected chi connectivity index (χ3v) is 13.9. The first kappa shape index (κ1) is 35.0. The highest BCUT2D eigenvalue weighted by Gasteiger charge is 2.37. The monoisotopic (exact) mass is 763 g/mol. The fraction of sp³-hybridized carbons (Fsp3) is 0.143. The fourth-order valence-corrected chi connectivity index (χ4v) is 11.2. The second-order valence-electron chi connectivity index (χ2n) is 17.8. The van der Waals surface area contributed by atoms with Crippen LogP contribution in [0.15, 0.2) is 164 Å². The van der Waals surface area contributed by atoms with Gasteiger partial charge in [0.1, 0.15) is 0 Å². The SMILES string of the molecule is Cc1ccc2c(c1)sc1cccc(-c3c(N(c4ccc5c(c4)-c4cc6ccccc6cc4C5(C)C)c4ccc(C(C)(C)C)c5ccccc45)ccc4ccccc34)c12. The van der Waals surface area contributed by atoms with Gasteiger partial charge in [0.25, 0.3) is 0 Å². The van der Waals surface area contributed by atoms with Gasteiger partial charge in [-0.3, -0.25) is 0 Å². The lowest BCUT2D eigenvalue weighted by Gasteiger charge is -2.32. The zero-order valence-corrected chi connectivity index (χ0v) is 34.8. The Morgan fingerprint density at radius 2 is 1.17 bits per heavy atom. The van der Waals surface area contributed by atoms with Gasteiger partial charge >= 0.3 is 0 Å². The normalized spacial score (nSPS) is 13.5. The summed E-state index contributed by atoms with van der Waals surface area (Å²) >= 11 is 1.90. The van der Waals surface area contributed by atoms with Crippen molar-refractivity contribution >= 4 is 80.9 Å². The molecular formula is C56H45NS. The van der Waals surface area contributed by atoms with E-state index < -0.39 is 0 Å². The predicted octanol–water partition coefficient (Wildman–Crippen LogP) is 16.6. The molecule has 0 fully saturated rings. The Morgan fingerprint density at radius 3 is 1.97 bits per heavy atom. The third kappa shape index (κ3) is 5.21. The maximum atomic E-state index is 2.57. The summed E-state index contributed by atoms with van der Waals surface area (Å²) in [7, 11) is 0. The summed E-state index contributed by atoms with van der Waals surface area (Å²) in [6, 6.07) is 62.1. The van der Waals surface area contributed by atoms with Crippen LogP contribution in [0.1, 0.15) is 56.9 Å². The topological polar surface area (TPSA) is 3.24 Å². The second-order valence-corrected chi connectivity index (χ2v) is 18.9. The van der Waals surface area contributed by atoms with Gasteiger partial charge in [-0.05, 0) is 127 Å². The average molecular weight is 764 g/mol. The molecule has 1 aromatic heterocycles. The molecule has 1 aliphatic rings. The van der Waals surface area contributed by atoms with E-state index in [2.05, 4.69) is 210 Å². The van der Waals surface area contributed by atoms with Crippen molar-refractivity contribution in [2.24, 2.45) is 0 Å². The highest BCUT2D eigenvalue weighted by Crippen LogP contribution is 2.54. The van der Waals surface area contributed by atoms with E-state index >= 15 is 0 Å². The van der Waals surface area contributed by atoms with E-state index in [1.807, 2.05) is 11.3 Å². The summed E-state index contributed by atoms with van der Waals surface area (Å²) in [5.74, 6) is 0. The van der Waals surface area contributed by atoms with Crippen molar-refractivity contribution in [2.45, 2.75) is 52.4 Å². The molecule has 0 atom stereocenters. The van der Waals surface area contributed by atoms with Gasteiger partial charge in [0.15, 0.2) is 0 Å². The zero-order valence-electron chi connectivity index (χ0n) is 33.9. The van der Waals surface area contributed by atoms with Crippen LogP contribution in [-0.4, -0.2) is 0 Å². The lowest BCUT2D eigenvalue weighted by Crippen LogP contribution is -2.16. The van der Waals surface area contributed by atoms with E-state index in [4.69, 9.17) is 0 Å². The molecule has 0 unspecified atom stereocenters. The Bertz CT molecular complexity index is 3320. The molecule has 0 saturated heterocycles. The van der Waals surface area contributed by atoms with Gasteiger partial charge in [0, 0.05) is 42.2 Å². The number of benzene rings is 9. The first-order valence-electron chi connectivity index (χ1n) is 20.5. The first-order chi connectivity index (χ1) is 28.1. The minimum atomic E-state index is -0.124. The van der Waals surface area contributed by atoms with Crippen LogP contribution in [0.3, 0.4) is 0 Å². The summed E-state index contributed by atoms with van der Waals surface area (Å²) < 4.78 is 2.64. The molecule has 11 rings (SSSR count). The maximum absolute atomic E-state index is 2.57. The van der Waals surface area contributed by atoms with Gasteiger partial charge in [0.05, 0.1) is 11.4 Å². The Balaban J connectivity index is 1.26. The molecule has 1 nitrogen and oxygen atoms in total. The number of hydrogen-bond acceptors (Lipinski definition) is 2. The minimum Gasteiger partial charge on any atom is -0.309 e. The van der Waals surface area contributed by atoms with Crippen LogP contribution in [-0.2, 0) is 10.8 Å². The van der Waals surface area contributed by atoms with Crippen molar-refractivity contribution < 1.29 is 0 Å². The molecule has 0 amide bonds. The molecule has 0 aliphatic heterocycles. The van der Waals surface area contributed by atoms with Crippen molar-refractivity contribution in [1.29, 1.82) is 0 Å². The number of nitrogens with zero attached hydrogens (tertiary/aromatic N) is 1. The van der Waals surface area contributed by atoms with E-state index in [9.17, 15) is 0 Å². The molecule has 58 heavy (non-hydrogen) atoms. The van der Waals surface area contributed by atoms with Crippen LogP contribution in [0.25, 0.3) is 74.7 Å². The van der Waals surface area contributed by atoms with E-state index in [1.165, 1.54) is 108 Å². The summed E-state index contributed by atoms with van der Waals surface area (Å²) in [6.07, 6.45) is 0. The van der Waals surface area contributed by atoms with Crippen LogP contribution < -0.4 is 4.90 Å². The molecule has 10 aromatic rings.